The summed E-state index contributed by atoms with van der Waals surface area (Å²) in [4.78, 5) is 53.1. The average Bonchev–Trinajstić information content (AvgIpc) is 3.63. The van der Waals surface area contributed by atoms with Crippen LogP contribution < -0.4 is 16.2 Å². The molecule has 0 aliphatic heterocycles. The summed E-state index contributed by atoms with van der Waals surface area (Å²) in [6.07, 6.45) is 18.1. The third-order valence-corrected chi connectivity index (χ3v) is 6.48. The summed E-state index contributed by atoms with van der Waals surface area (Å²) >= 11 is 0. The number of aromatic nitrogens is 8. The van der Waals surface area contributed by atoms with Crippen molar-refractivity contribution in [3.05, 3.63) is 118 Å². The number of ketones is 2. The molecule has 2 aromatic heterocycles. The first-order valence-electron chi connectivity index (χ1n) is 13.5. The second kappa shape index (κ2) is 13.3. The van der Waals surface area contributed by atoms with E-state index in [1.807, 2.05) is 0 Å². The number of hydrogen-bond donors (Lipinski definition) is 3. The Kier molecular flexibility index (Phi) is 8.93. The van der Waals surface area contributed by atoms with Crippen molar-refractivity contribution >= 4 is 23.4 Å². The van der Waals surface area contributed by atoms with E-state index < -0.39 is 18.5 Å². The van der Waals surface area contributed by atoms with Crippen molar-refractivity contribution < 1.29 is 23.9 Å². The van der Waals surface area contributed by atoms with Crippen LogP contribution in [0.5, 0.6) is 0 Å². The summed E-state index contributed by atoms with van der Waals surface area (Å²) in [7, 11) is 0. The molecule has 2 aromatic rings. The molecule has 0 fully saturated rings. The molecule has 16 nitrogen and oxygen atoms in total. The topological polar surface area (TPSA) is 201 Å². The maximum absolute atomic E-state index is 13.4. The van der Waals surface area contributed by atoms with Gasteiger partial charge in [0.15, 0.2) is 29.8 Å². The molecular formula is C29H27N11O5. The number of carbonyl (C=O) groups excluding carboxylic acids is 4. The number of ether oxygens (including phenoxy) is 1. The number of hydrogen-bond acceptors (Lipinski definition) is 13. The highest BCUT2D eigenvalue weighted by Gasteiger charge is 2.27. The summed E-state index contributed by atoms with van der Waals surface area (Å²) in [6.45, 7) is 4.18. The Morgan fingerprint density at radius 1 is 0.844 bits per heavy atom. The van der Waals surface area contributed by atoms with Crippen LogP contribution in [0.1, 0.15) is 25.0 Å². The van der Waals surface area contributed by atoms with Crippen molar-refractivity contribution in [3.63, 3.8) is 0 Å². The van der Waals surface area contributed by atoms with Gasteiger partial charge >= 0.3 is 5.97 Å². The molecule has 3 aliphatic rings. The van der Waals surface area contributed by atoms with Crippen LogP contribution in [-0.4, -0.2) is 70.7 Å². The van der Waals surface area contributed by atoms with Crippen LogP contribution in [0.3, 0.4) is 0 Å². The van der Waals surface area contributed by atoms with Gasteiger partial charge in [-0.25, -0.2) is 0 Å². The number of allylic oxidation sites excluding steroid dienone is 15. The highest BCUT2D eigenvalue weighted by molar-refractivity contribution is 6.17. The van der Waals surface area contributed by atoms with E-state index in [9.17, 15) is 19.2 Å². The minimum atomic E-state index is -0.588. The summed E-state index contributed by atoms with van der Waals surface area (Å²) in [5, 5.41) is 25.2. The molecule has 0 unspecified atom stereocenters. The van der Waals surface area contributed by atoms with Crippen LogP contribution in [0, 0.1) is 13.8 Å². The van der Waals surface area contributed by atoms with Gasteiger partial charge in [-0.1, -0.05) is 6.08 Å². The maximum atomic E-state index is 13.4. The van der Waals surface area contributed by atoms with E-state index >= 15 is 0 Å². The largest absolute Gasteiger partial charge is 0.456 e. The van der Waals surface area contributed by atoms with Crippen molar-refractivity contribution in [2.24, 2.45) is 0 Å². The zero-order valence-electron chi connectivity index (χ0n) is 24.4. The fraction of sp³-hybridized carbons (Fsp3) is 0.172. The van der Waals surface area contributed by atoms with E-state index in [1.165, 1.54) is 28.7 Å². The smallest absolute Gasteiger partial charge is 0.303 e. The molecule has 45 heavy (non-hydrogen) atoms. The van der Waals surface area contributed by atoms with Gasteiger partial charge in [-0.3, -0.25) is 30.0 Å². The number of nitrogens with one attached hydrogen (secondary N) is 3. The molecule has 0 spiro atoms. The molecule has 1 amide bonds. The Balaban J connectivity index is 1.57. The lowest BCUT2D eigenvalue weighted by Gasteiger charge is -2.22. The minimum Gasteiger partial charge on any atom is -0.456 e. The standard InChI is InChI=1S/C29H27N11O5/c1-17-33-35-37-39(17)30-14-20-7-9-26(42)24(11-20)29(22-5-4-6-23(13-22)32-28(44)16-45-19(3)41)25-12-21(8-10-27(25)43)15-31-40-18(2)34-36-38-40/h4,6-15,30-31H,5,16H2,1-3H3,(H,32,44)/b20-14+,21-15+. The van der Waals surface area contributed by atoms with Crippen molar-refractivity contribution in [2.75, 3.05) is 17.5 Å². The van der Waals surface area contributed by atoms with E-state index in [0.29, 0.717) is 46.1 Å². The molecule has 2 heterocycles. The van der Waals surface area contributed by atoms with E-state index in [4.69, 9.17) is 4.74 Å². The molecular weight excluding hydrogens is 582 g/mol. The minimum absolute atomic E-state index is 0.254. The molecule has 5 rings (SSSR count). The lowest BCUT2D eigenvalue weighted by molar-refractivity contribution is -0.146. The molecule has 0 bridgehead atoms. The quantitative estimate of drug-likeness (QED) is 0.337. The van der Waals surface area contributed by atoms with E-state index in [-0.39, 0.29) is 22.7 Å². The highest BCUT2D eigenvalue weighted by Crippen LogP contribution is 2.34. The number of amides is 1. The van der Waals surface area contributed by atoms with Gasteiger partial charge in [-0.2, -0.15) is 0 Å². The van der Waals surface area contributed by atoms with Crippen molar-refractivity contribution in [1.82, 2.24) is 45.9 Å². The maximum Gasteiger partial charge on any atom is 0.303 e. The Hall–Kier alpha value is -6.32. The summed E-state index contributed by atoms with van der Waals surface area (Å²) < 4.78 is 4.79. The Morgan fingerprint density at radius 2 is 1.40 bits per heavy atom. The molecule has 0 saturated carbocycles. The fourth-order valence-corrected chi connectivity index (χ4v) is 4.35. The number of rotatable bonds is 9. The second-order valence-electron chi connectivity index (χ2n) is 9.77. The van der Waals surface area contributed by atoms with Crippen molar-refractivity contribution in [3.8, 4) is 0 Å². The van der Waals surface area contributed by atoms with Crippen LogP contribution in [-0.2, 0) is 23.9 Å². The predicted molar refractivity (Wildman–Crippen MR) is 158 cm³/mol. The Labute approximate surface area is 255 Å². The predicted octanol–water partition coefficient (Wildman–Crippen LogP) is 0.782. The van der Waals surface area contributed by atoms with Crippen LogP contribution in [0.25, 0.3) is 0 Å². The molecule has 0 aromatic carbocycles. The number of carbonyl (C=O) groups is 4. The number of aryl methyl sites for hydroxylation is 2. The average molecular weight is 610 g/mol. The third kappa shape index (κ3) is 7.37. The molecule has 3 aliphatic carbocycles. The van der Waals surface area contributed by atoms with Gasteiger partial charge in [0.1, 0.15) is 0 Å². The van der Waals surface area contributed by atoms with Crippen LogP contribution in [0.4, 0.5) is 0 Å². The zero-order valence-corrected chi connectivity index (χ0v) is 24.4. The SMILES string of the molecule is CC(=O)OCC(=O)NC1=CC(=C(C2=C/C(=C/Nn3nnnc3C)C=CC2=O)C2=C/C(=C/Nn3nnnc3C)C=CC2=O)CC=C1. The van der Waals surface area contributed by atoms with Gasteiger partial charge in [0, 0.05) is 41.7 Å². The lowest BCUT2D eigenvalue weighted by atomic mass is 9.81. The summed E-state index contributed by atoms with van der Waals surface area (Å²) in [6, 6.07) is 0. The van der Waals surface area contributed by atoms with Gasteiger partial charge in [0.05, 0.1) is 0 Å². The second-order valence-corrected chi connectivity index (χ2v) is 9.77. The summed E-state index contributed by atoms with van der Waals surface area (Å²) in [5.74, 6) is -0.742. The molecule has 228 valence electrons. The number of nitrogens with zero attached hydrogens (tertiary/aromatic N) is 8. The third-order valence-electron chi connectivity index (χ3n) is 6.48. The lowest BCUT2D eigenvalue weighted by Crippen LogP contribution is -2.28. The first-order chi connectivity index (χ1) is 21.7. The fourth-order valence-electron chi connectivity index (χ4n) is 4.35. The van der Waals surface area contributed by atoms with Crippen LogP contribution in [0.15, 0.2) is 106 Å². The van der Waals surface area contributed by atoms with Crippen molar-refractivity contribution in [2.45, 2.75) is 27.2 Å². The first-order valence-corrected chi connectivity index (χ1v) is 13.5. The van der Waals surface area contributed by atoms with E-state index in [2.05, 4.69) is 47.2 Å². The van der Waals surface area contributed by atoms with Crippen molar-refractivity contribution in [1.29, 1.82) is 0 Å². The number of tetrazole rings is 2. The molecule has 3 N–H and O–H groups in total. The van der Waals surface area contributed by atoms with Gasteiger partial charge in [0.25, 0.3) is 5.91 Å². The molecule has 0 atom stereocenters. The molecule has 0 radical (unpaired) electrons. The normalized spacial score (nSPS) is 17.7. The highest BCUT2D eigenvalue weighted by atomic mass is 16.5. The Bertz CT molecular complexity index is 1760. The Morgan fingerprint density at radius 3 is 1.89 bits per heavy atom. The monoisotopic (exact) mass is 609 g/mol. The van der Waals surface area contributed by atoms with E-state index in [1.54, 1.807) is 68.8 Å². The van der Waals surface area contributed by atoms with Gasteiger partial charge in [0.2, 0.25) is 0 Å². The van der Waals surface area contributed by atoms with E-state index in [0.717, 1.165) is 0 Å². The first kappa shape index (κ1) is 30.1. The van der Waals surface area contributed by atoms with Crippen LogP contribution in [0.2, 0.25) is 0 Å². The summed E-state index contributed by atoms with van der Waals surface area (Å²) in [5.41, 5.74) is 8.99. The zero-order chi connectivity index (χ0) is 31.9. The van der Waals surface area contributed by atoms with Gasteiger partial charge in [-0.15, -0.1) is 19.8 Å². The van der Waals surface area contributed by atoms with Gasteiger partial charge in [-0.05, 0) is 106 Å². The molecule has 0 saturated heterocycles. The van der Waals surface area contributed by atoms with Crippen LogP contribution >= 0.6 is 0 Å². The van der Waals surface area contributed by atoms with Gasteiger partial charge < -0.3 is 10.1 Å². The number of esters is 1. The molecule has 16 heteroatoms.